The number of nitrogens with two attached hydrogens (primary N) is 1. The number of benzene rings is 2. The monoisotopic (exact) mass is 271 g/mol. The van der Waals surface area contributed by atoms with E-state index in [0.29, 0.717) is 17.9 Å². The SMILES string of the molecule is COc1ccc(CNC(=O)Nc2ccc(N)cc2)cc1. The highest BCUT2D eigenvalue weighted by Gasteiger charge is 2.01. The minimum absolute atomic E-state index is 0.259. The molecule has 2 aromatic carbocycles. The van der Waals surface area contributed by atoms with Crippen LogP contribution in [-0.2, 0) is 6.54 Å². The number of carbonyl (C=O) groups excluding carboxylic acids is 1. The van der Waals surface area contributed by atoms with E-state index in [1.807, 2.05) is 24.3 Å². The van der Waals surface area contributed by atoms with Crippen LogP contribution in [-0.4, -0.2) is 13.1 Å². The van der Waals surface area contributed by atoms with Crippen molar-refractivity contribution in [2.24, 2.45) is 0 Å². The minimum atomic E-state index is -0.259. The summed E-state index contributed by atoms with van der Waals surface area (Å²) in [7, 11) is 1.62. The highest BCUT2D eigenvalue weighted by Crippen LogP contribution is 2.12. The summed E-state index contributed by atoms with van der Waals surface area (Å²) in [6.07, 6.45) is 0. The molecule has 0 radical (unpaired) electrons. The van der Waals surface area contributed by atoms with E-state index >= 15 is 0 Å². The van der Waals surface area contributed by atoms with E-state index < -0.39 is 0 Å². The molecule has 0 unspecified atom stereocenters. The molecular weight excluding hydrogens is 254 g/mol. The third-order valence-electron chi connectivity index (χ3n) is 2.78. The van der Waals surface area contributed by atoms with Gasteiger partial charge in [0, 0.05) is 17.9 Å². The van der Waals surface area contributed by atoms with Crippen molar-refractivity contribution < 1.29 is 9.53 Å². The molecule has 0 bridgehead atoms. The van der Waals surface area contributed by atoms with Gasteiger partial charge in [0.15, 0.2) is 0 Å². The second-order valence-corrected chi connectivity index (χ2v) is 4.28. The first-order valence-corrected chi connectivity index (χ1v) is 6.21. The molecule has 0 heterocycles. The molecule has 0 spiro atoms. The Bertz CT molecular complexity index is 565. The average Bonchev–Trinajstić information content (AvgIpc) is 2.48. The molecule has 0 aliphatic rings. The number of hydrogen-bond acceptors (Lipinski definition) is 3. The predicted molar refractivity (Wildman–Crippen MR) is 79.7 cm³/mol. The lowest BCUT2D eigenvalue weighted by atomic mass is 10.2. The first-order chi connectivity index (χ1) is 9.67. The van der Waals surface area contributed by atoms with Crippen LogP contribution in [0.15, 0.2) is 48.5 Å². The molecule has 0 atom stereocenters. The van der Waals surface area contributed by atoms with Gasteiger partial charge in [-0.1, -0.05) is 12.1 Å². The van der Waals surface area contributed by atoms with Gasteiger partial charge < -0.3 is 21.1 Å². The van der Waals surface area contributed by atoms with Crippen molar-refractivity contribution in [1.29, 1.82) is 0 Å². The number of methoxy groups -OCH3 is 1. The van der Waals surface area contributed by atoms with Crippen molar-refractivity contribution in [3.05, 3.63) is 54.1 Å². The fourth-order valence-corrected chi connectivity index (χ4v) is 1.67. The van der Waals surface area contributed by atoms with Crippen molar-refractivity contribution in [3.8, 4) is 5.75 Å². The van der Waals surface area contributed by atoms with E-state index in [1.165, 1.54) is 0 Å². The number of nitrogens with one attached hydrogen (secondary N) is 2. The summed E-state index contributed by atoms with van der Waals surface area (Å²) in [5, 5.41) is 5.51. The van der Waals surface area contributed by atoms with E-state index in [2.05, 4.69) is 10.6 Å². The molecule has 0 saturated heterocycles. The van der Waals surface area contributed by atoms with Gasteiger partial charge >= 0.3 is 6.03 Å². The second kappa shape index (κ2) is 6.47. The number of amides is 2. The third kappa shape index (κ3) is 3.91. The molecule has 5 heteroatoms. The van der Waals surface area contributed by atoms with Crippen molar-refractivity contribution >= 4 is 17.4 Å². The Morgan fingerprint density at radius 1 is 1.10 bits per heavy atom. The number of rotatable bonds is 4. The molecule has 2 rings (SSSR count). The quantitative estimate of drug-likeness (QED) is 0.748. The lowest BCUT2D eigenvalue weighted by Gasteiger charge is -2.08. The Morgan fingerprint density at radius 2 is 1.75 bits per heavy atom. The number of nitrogen functional groups attached to an aromatic ring is 1. The van der Waals surface area contributed by atoms with Crippen LogP contribution in [0.5, 0.6) is 5.75 Å². The fraction of sp³-hybridized carbons (Fsp3) is 0.133. The van der Waals surface area contributed by atoms with Crippen molar-refractivity contribution in [2.75, 3.05) is 18.2 Å². The lowest BCUT2D eigenvalue weighted by Crippen LogP contribution is -2.28. The summed E-state index contributed by atoms with van der Waals surface area (Å²) in [4.78, 5) is 11.7. The first kappa shape index (κ1) is 13.7. The predicted octanol–water partition coefficient (Wildman–Crippen LogP) is 2.60. The highest BCUT2D eigenvalue weighted by molar-refractivity contribution is 5.89. The van der Waals surface area contributed by atoms with Crippen LogP contribution in [0, 0.1) is 0 Å². The molecular formula is C15H17N3O2. The van der Waals surface area contributed by atoms with Crippen LogP contribution in [0.4, 0.5) is 16.2 Å². The van der Waals surface area contributed by atoms with Gasteiger partial charge in [-0.3, -0.25) is 0 Å². The summed E-state index contributed by atoms with van der Waals surface area (Å²) in [6, 6.07) is 14.2. The number of carbonyl (C=O) groups is 1. The maximum absolute atomic E-state index is 11.7. The largest absolute Gasteiger partial charge is 0.497 e. The molecule has 5 nitrogen and oxygen atoms in total. The Labute approximate surface area is 117 Å². The third-order valence-corrected chi connectivity index (χ3v) is 2.78. The molecule has 0 aliphatic carbocycles. The number of anilines is 2. The summed E-state index contributed by atoms with van der Waals surface area (Å²) in [6.45, 7) is 0.449. The molecule has 20 heavy (non-hydrogen) atoms. The number of urea groups is 1. The summed E-state index contributed by atoms with van der Waals surface area (Å²) in [5.41, 5.74) is 7.94. The van der Waals surface area contributed by atoms with Gasteiger partial charge in [-0.05, 0) is 42.0 Å². The van der Waals surface area contributed by atoms with Gasteiger partial charge in [-0.2, -0.15) is 0 Å². The Hall–Kier alpha value is -2.69. The Balaban J connectivity index is 1.83. The van der Waals surface area contributed by atoms with Crippen LogP contribution in [0.25, 0.3) is 0 Å². The molecule has 0 aliphatic heterocycles. The second-order valence-electron chi connectivity index (χ2n) is 4.28. The van der Waals surface area contributed by atoms with E-state index in [4.69, 9.17) is 10.5 Å². The maximum Gasteiger partial charge on any atom is 0.319 e. The normalized spacial score (nSPS) is 9.85. The van der Waals surface area contributed by atoms with E-state index in [0.717, 1.165) is 11.3 Å². The molecule has 4 N–H and O–H groups in total. The van der Waals surface area contributed by atoms with Crippen LogP contribution in [0.2, 0.25) is 0 Å². The van der Waals surface area contributed by atoms with E-state index in [1.54, 1.807) is 31.4 Å². The van der Waals surface area contributed by atoms with Gasteiger partial charge in [0.05, 0.1) is 7.11 Å². The molecule has 0 saturated carbocycles. The van der Waals surface area contributed by atoms with E-state index in [9.17, 15) is 4.79 Å². The zero-order chi connectivity index (χ0) is 14.4. The van der Waals surface area contributed by atoms with Crippen molar-refractivity contribution in [2.45, 2.75) is 6.54 Å². The van der Waals surface area contributed by atoms with Gasteiger partial charge in [0.25, 0.3) is 0 Å². The Morgan fingerprint density at radius 3 is 2.35 bits per heavy atom. The van der Waals surface area contributed by atoms with Crippen LogP contribution in [0.1, 0.15) is 5.56 Å². The van der Waals surface area contributed by atoms with Crippen molar-refractivity contribution in [3.63, 3.8) is 0 Å². The van der Waals surface area contributed by atoms with Gasteiger partial charge in [0.2, 0.25) is 0 Å². The molecule has 104 valence electrons. The van der Waals surface area contributed by atoms with Crippen LogP contribution in [0.3, 0.4) is 0 Å². The number of hydrogen-bond donors (Lipinski definition) is 3. The summed E-state index contributed by atoms with van der Waals surface area (Å²) in [5.74, 6) is 0.792. The molecule has 2 amide bonds. The molecule has 0 fully saturated rings. The zero-order valence-electron chi connectivity index (χ0n) is 11.2. The Kier molecular flexibility index (Phi) is 4.44. The van der Waals surface area contributed by atoms with Gasteiger partial charge in [-0.15, -0.1) is 0 Å². The van der Waals surface area contributed by atoms with Gasteiger partial charge in [-0.25, -0.2) is 4.79 Å². The topological polar surface area (TPSA) is 76.4 Å². The lowest BCUT2D eigenvalue weighted by molar-refractivity contribution is 0.251. The van der Waals surface area contributed by atoms with Gasteiger partial charge in [0.1, 0.15) is 5.75 Å². The molecule has 2 aromatic rings. The standard InChI is InChI=1S/C15H17N3O2/c1-20-14-8-2-11(3-9-14)10-17-15(19)18-13-6-4-12(16)5-7-13/h2-9H,10,16H2,1H3,(H2,17,18,19). The van der Waals surface area contributed by atoms with Crippen LogP contribution < -0.4 is 21.1 Å². The van der Waals surface area contributed by atoms with Crippen molar-refractivity contribution in [1.82, 2.24) is 5.32 Å². The zero-order valence-corrected chi connectivity index (χ0v) is 11.2. The minimum Gasteiger partial charge on any atom is -0.497 e. The summed E-state index contributed by atoms with van der Waals surface area (Å²) < 4.78 is 5.07. The average molecular weight is 271 g/mol. The first-order valence-electron chi connectivity index (χ1n) is 6.21. The van der Waals surface area contributed by atoms with E-state index in [-0.39, 0.29) is 6.03 Å². The van der Waals surface area contributed by atoms with Crippen LogP contribution >= 0.6 is 0 Å². The fourth-order valence-electron chi connectivity index (χ4n) is 1.67. The highest BCUT2D eigenvalue weighted by atomic mass is 16.5. The molecule has 0 aromatic heterocycles. The summed E-state index contributed by atoms with van der Waals surface area (Å²) >= 11 is 0. The maximum atomic E-state index is 11.7. The smallest absolute Gasteiger partial charge is 0.319 e. The number of ether oxygens (including phenoxy) is 1.